The molecule has 0 aliphatic heterocycles. The van der Waals surface area contributed by atoms with Crippen LogP contribution < -0.4 is 5.32 Å². The summed E-state index contributed by atoms with van der Waals surface area (Å²) >= 11 is 1.97. The average Bonchev–Trinajstić information content (AvgIpc) is 2.80. The van der Waals surface area contributed by atoms with Gasteiger partial charge in [0.1, 0.15) is 0 Å². The van der Waals surface area contributed by atoms with Crippen molar-refractivity contribution in [1.29, 1.82) is 0 Å². The van der Waals surface area contributed by atoms with Gasteiger partial charge in [-0.3, -0.25) is 5.10 Å². The van der Waals surface area contributed by atoms with E-state index in [1.54, 1.807) is 0 Å². The predicted octanol–water partition coefficient (Wildman–Crippen LogP) is 3.97. The van der Waals surface area contributed by atoms with Gasteiger partial charge in [-0.05, 0) is 29.9 Å². The Labute approximate surface area is 119 Å². The van der Waals surface area contributed by atoms with Gasteiger partial charge in [0.2, 0.25) is 0 Å². The lowest BCUT2D eigenvalue weighted by molar-refractivity contribution is 1.04. The summed E-state index contributed by atoms with van der Waals surface area (Å²) in [6, 6.07) is 8.63. The molecule has 2 rings (SSSR count). The number of benzene rings is 1. The van der Waals surface area contributed by atoms with E-state index in [2.05, 4.69) is 53.6 Å². The van der Waals surface area contributed by atoms with Gasteiger partial charge in [0.05, 0.1) is 6.20 Å². The van der Waals surface area contributed by atoms with Gasteiger partial charge in [-0.1, -0.05) is 26.0 Å². The Morgan fingerprint density at radius 2 is 2.21 bits per heavy atom. The molecule has 0 aliphatic carbocycles. The van der Waals surface area contributed by atoms with Crippen LogP contribution in [0.2, 0.25) is 0 Å². The molecule has 0 aliphatic rings. The molecule has 0 saturated heterocycles. The molecule has 1 heterocycles. The van der Waals surface area contributed by atoms with Crippen molar-refractivity contribution in [3.63, 3.8) is 0 Å². The van der Waals surface area contributed by atoms with Gasteiger partial charge in [0, 0.05) is 29.2 Å². The molecule has 0 amide bonds. The fourth-order valence-corrected chi connectivity index (χ4v) is 2.49. The van der Waals surface area contributed by atoms with Gasteiger partial charge in [-0.25, -0.2) is 0 Å². The second-order valence-corrected chi connectivity index (χ2v) is 6.50. The van der Waals surface area contributed by atoms with E-state index in [-0.39, 0.29) is 0 Å². The van der Waals surface area contributed by atoms with Crippen LogP contribution in [0.15, 0.2) is 30.5 Å². The zero-order valence-corrected chi connectivity index (χ0v) is 12.6. The minimum Gasteiger partial charge on any atom is -0.381 e. The number of anilines is 1. The summed E-state index contributed by atoms with van der Waals surface area (Å²) in [5.74, 6) is 1.07. The second kappa shape index (κ2) is 6.66. The van der Waals surface area contributed by atoms with Crippen LogP contribution >= 0.6 is 11.8 Å². The molecule has 0 saturated carbocycles. The number of thioether (sulfide) groups is 1. The van der Waals surface area contributed by atoms with E-state index in [0.29, 0.717) is 5.25 Å². The van der Waals surface area contributed by atoms with E-state index in [9.17, 15) is 0 Å². The smallest absolute Gasteiger partial charge is 0.0539 e. The lowest BCUT2D eigenvalue weighted by Gasteiger charge is -2.09. The third kappa shape index (κ3) is 4.31. The molecule has 2 aromatic rings. The van der Waals surface area contributed by atoms with Crippen molar-refractivity contribution in [2.75, 3.05) is 5.32 Å². The summed E-state index contributed by atoms with van der Waals surface area (Å²) in [5.41, 5.74) is 4.87. The van der Waals surface area contributed by atoms with Crippen molar-refractivity contribution in [2.24, 2.45) is 0 Å². The average molecular weight is 275 g/mol. The van der Waals surface area contributed by atoms with E-state index >= 15 is 0 Å². The third-order valence-corrected chi connectivity index (χ3v) is 4.09. The summed E-state index contributed by atoms with van der Waals surface area (Å²) in [4.78, 5) is 0. The quantitative estimate of drug-likeness (QED) is 0.838. The van der Waals surface area contributed by atoms with Crippen molar-refractivity contribution in [3.05, 3.63) is 47.3 Å². The van der Waals surface area contributed by atoms with E-state index in [0.717, 1.165) is 18.0 Å². The first kappa shape index (κ1) is 14.0. The minimum atomic E-state index is 0.671. The number of rotatable bonds is 6. The van der Waals surface area contributed by atoms with Crippen LogP contribution in [0.4, 0.5) is 5.69 Å². The summed E-state index contributed by atoms with van der Waals surface area (Å²) < 4.78 is 0. The summed E-state index contributed by atoms with van der Waals surface area (Å²) in [7, 11) is 0. The number of nitrogens with one attached hydrogen (secondary N) is 2. The highest BCUT2D eigenvalue weighted by molar-refractivity contribution is 7.99. The Hall–Kier alpha value is -1.42. The minimum absolute atomic E-state index is 0.671. The largest absolute Gasteiger partial charge is 0.381 e. The maximum absolute atomic E-state index is 4.03. The van der Waals surface area contributed by atoms with Gasteiger partial charge in [0.25, 0.3) is 0 Å². The molecule has 19 heavy (non-hydrogen) atoms. The van der Waals surface area contributed by atoms with Crippen molar-refractivity contribution < 1.29 is 0 Å². The van der Waals surface area contributed by atoms with Gasteiger partial charge < -0.3 is 5.32 Å². The zero-order valence-electron chi connectivity index (χ0n) is 11.7. The maximum atomic E-state index is 4.03. The maximum Gasteiger partial charge on any atom is 0.0539 e. The van der Waals surface area contributed by atoms with Crippen LogP contribution in [0, 0.1) is 6.92 Å². The Bertz CT molecular complexity index is 520. The predicted molar refractivity (Wildman–Crippen MR) is 83.5 cm³/mol. The third-order valence-electron chi connectivity index (χ3n) is 2.93. The summed E-state index contributed by atoms with van der Waals surface area (Å²) in [6.07, 6.45) is 1.88. The molecule has 0 atom stereocenters. The van der Waals surface area contributed by atoms with Crippen LogP contribution in [-0.2, 0) is 12.3 Å². The number of hydrogen-bond donors (Lipinski definition) is 2. The molecule has 2 N–H and O–H groups in total. The van der Waals surface area contributed by atoms with Crippen LogP contribution in [0.5, 0.6) is 0 Å². The normalized spacial score (nSPS) is 10.9. The molecule has 3 nitrogen and oxygen atoms in total. The van der Waals surface area contributed by atoms with E-state index in [4.69, 9.17) is 0 Å². The highest BCUT2D eigenvalue weighted by Gasteiger charge is 2.01. The van der Waals surface area contributed by atoms with Crippen molar-refractivity contribution in [3.8, 4) is 0 Å². The summed E-state index contributed by atoms with van der Waals surface area (Å²) in [5, 5.41) is 11.1. The Kier molecular flexibility index (Phi) is 4.91. The van der Waals surface area contributed by atoms with Crippen LogP contribution in [-0.4, -0.2) is 15.4 Å². The highest BCUT2D eigenvalue weighted by atomic mass is 32.2. The molecule has 1 aromatic heterocycles. The van der Waals surface area contributed by atoms with Crippen LogP contribution in [0.3, 0.4) is 0 Å². The van der Waals surface area contributed by atoms with Gasteiger partial charge >= 0.3 is 0 Å². The fourth-order valence-electron chi connectivity index (χ4n) is 1.79. The first-order valence-corrected chi connectivity index (χ1v) is 7.63. The van der Waals surface area contributed by atoms with Crippen molar-refractivity contribution in [2.45, 2.75) is 38.3 Å². The lowest BCUT2D eigenvalue weighted by atomic mass is 10.2. The number of hydrogen-bond acceptors (Lipinski definition) is 3. The van der Waals surface area contributed by atoms with E-state index in [1.807, 2.05) is 24.9 Å². The fraction of sp³-hybridized carbons (Fsp3) is 0.400. The van der Waals surface area contributed by atoms with Crippen molar-refractivity contribution in [1.82, 2.24) is 10.2 Å². The summed E-state index contributed by atoms with van der Waals surface area (Å²) in [6.45, 7) is 7.31. The molecule has 1 aromatic carbocycles. The number of aromatic amines is 1. The number of aryl methyl sites for hydroxylation is 1. The first-order chi connectivity index (χ1) is 9.15. The number of nitrogens with zero attached hydrogens (tertiary/aromatic N) is 1. The van der Waals surface area contributed by atoms with Crippen LogP contribution in [0.25, 0.3) is 0 Å². The molecule has 102 valence electrons. The molecule has 0 fully saturated rings. The topological polar surface area (TPSA) is 40.7 Å². The lowest BCUT2D eigenvalue weighted by Crippen LogP contribution is -2.00. The molecule has 0 bridgehead atoms. The first-order valence-electron chi connectivity index (χ1n) is 6.58. The Morgan fingerprint density at radius 1 is 1.37 bits per heavy atom. The number of aromatic nitrogens is 2. The van der Waals surface area contributed by atoms with Crippen molar-refractivity contribution >= 4 is 17.4 Å². The zero-order chi connectivity index (χ0) is 13.7. The second-order valence-electron chi connectivity index (χ2n) is 4.93. The molecule has 4 heteroatoms. The molecule has 0 unspecified atom stereocenters. The monoisotopic (exact) mass is 275 g/mol. The van der Waals surface area contributed by atoms with Gasteiger partial charge in [-0.15, -0.1) is 0 Å². The Balaban J connectivity index is 1.93. The molecular formula is C15H21N3S. The van der Waals surface area contributed by atoms with E-state index < -0.39 is 0 Å². The molecular weight excluding hydrogens is 254 g/mol. The van der Waals surface area contributed by atoms with Gasteiger partial charge in [-0.2, -0.15) is 16.9 Å². The molecule has 0 spiro atoms. The highest BCUT2D eigenvalue weighted by Crippen LogP contribution is 2.20. The van der Waals surface area contributed by atoms with Gasteiger partial charge in [0.15, 0.2) is 0 Å². The van der Waals surface area contributed by atoms with Crippen LogP contribution in [0.1, 0.15) is 30.7 Å². The van der Waals surface area contributed by atoms with E-state index in [1.165, 1.54) is 16.8 Å². The Morgan fingerprint density at radius 3 is 2.89 bits per heavy atom. The SMILES string of the molecule is Cc1[nH]ncc1CNc1cccc(CSC(C)C)c1. The standard InChI is InChI=1S/C15H21N3S/c1-11(2)19-10-13-5-4-6-15(7-13)16-8-14-9-17-18-12(14)3/h4-7,9,11,16H,8,10H2,1-3H3,(H,17,18). The molecule has 0 radical (unpaired) electrons. The number of H-pyrrole nitrogens is 1.